The lowest BCUT2D eigenvalue weighted by Gasteiger charge is -2.30. The fourth-order valence-corrected chi connectivity index (χ4v) is 6.03. The third-order valence-electron chi connectivity index (χ3n) is 8.62. The standard InChI is InChI=1S/C8H15NO.2C8H17N.C7H15NO/c1-6(2)9-4-8-3-7(9)5-10-8;2*1-8(2)9-6-4-3-5-7-9;1-7(2)8-3-5-9-6-4-8/h6-8H,3-5H2,1-2H3;2*8H,3-7H2,1-2H3;7H,3-6H2,1-2H3. The van der Waals surface area contributed by atoms with Gasteiger partial charge in [0.2, 0.25) is 0 Å². The fraction of sp³-hybridized carbons (Fsp3) is 1.00. The van der Waals surface area contributed by atoms with E-state index in [1.165, 1.54) is 77.7 Å². The van der Waals surface area contributed by atoms with Gasteiger partial charge in [0.05, 0.1) is 25.9 Å². The first-order valence-electron chi connectivity index (χ1n) is 15.9. The number of likely N-dealkylation sites (tertiary alicyclic amines) is 3. The van der Waals surface area contributed by atoms with Crippen molar-refractivity contribution in [3.05, 3.63) is 0 Å². The molecule has 220 valence electrons. The van der Waals surface area contributed by atoms with Gasteiger partial charge in [0.1, 0.15) is 0 Å². The molecule has 5 saturated heterocycles. The summed E-state index contributed by atoms with van der Waals surface area (Å²) in [7, 11) is 0. The second-order valence-corrected chi connectivity index (χ2v) is 12.8. The van der Waals surface area contributed by atoms with Crippen LogP contribution >= 0.6 is 0 Å². The van der Waals surface area contributed by atoms with Gasteiger partial charge in [0.25, 0.3) is 0 Å². The minimum atomic E-state index is 0.562. The lowest BCUT2D eigenvalue weighted by atomic mass is 10.1. The van der Waals surface area contributed by atoms with E-state index in [1.807, 2.05) is 0 Å². The number of ether oxygens (including phenoxy) is 2. The van der Waals surface area contributed by atoms with E-state index in [0.29, 0.717) is 18.2 Å². The van der Waals surface area contributed by atoms with Gasteiger partial charge in [-0.2, -0.15) is 0 Å². The molecule has 0 N–H and O–H groups in total. The highest BCUT2D eigenvalue weighted by molar-refractivity contribution is 4.92. The van der Waals surface area contributed by atoms with E-state index in [1.54, 1.807) is 0 Å². The van der Waals surface area contributed by atoms with Crippen molar-refractivity contribution in [1.82, 2.24) is 19.6 Å². The molecular weight excluding hydrogens is 460 g/mol. The minimum Gasteiger partial charge on any atom is -0.379 e. The maximum atomic E-state index is 5.49. The first kappa shape index (κ1) is 33.0. The van der Waals surface area contributed by atoms with E-state index in [2.05, 4.69) is 75.0 Å². The maximum absolute atomic E-state index is 5.49. The van der Waals surface area contributed by atoms with Crippen LogP contribution in [-0.4, -0.2) is 122 Å². The zero-order chi connectivity index (χ0) is 27.2. The summed E-state index contributed by atoms with van der Waals surface area (Å²) in [5, 5.41) is 0. The van der Waals surface area contributed by atoms with Crippen LogP contribution in [0.1, 0.15) is 100 Å². The van der Waals surface area contributed by atoms with Crippen LogP contribution in [0.4, 0.5) is 0 Å². The normalized spacial score (nSPS) is 27.6. The van der Waals surface area contributed by atoms with Crippen molar-refractivity contribution in [3.8, 4) is 0 Å². The monoisotopic (exact) mass is 525 g/mol. The Labute approximate surface area is 231 Å². The minimum absolute atomic E-state index is 0.562. The van der Waals surface area contributed by atoms with Crippen molar-refractivity contribution >= 4 is 0 Å². The van der Waals surface area contributed by atoms with Crippen LogP contribution in [0.3, 0.4) is 0 Å². The molecule has 5 aliphatic heterocycles. The van der Waals surface area contributed by atoms with Crippen LogP contribution in [0.5, 0.6) is 0 Å². The Morgan fingerprint density at radius 2 is 0.973 bits per heavy atom. The Balaban J connectivity index is 0.000000174. The van der Waals surface area contributed by atoms with Gasteiger partial charge in [-0.3, -0.25) is 9.80 Å². The van der Waals surface area contributed by atoms with Gasteiger partial charge in [-0.1, -0.05) is 12.8 Å². The SMILES string of the molecule is CC(C)N1CC2CC1CO2.CC(C)N1CCCCC1.CC(C)N1CCCCC1.CC(C)N1CCOCC1. The Morgan fingerprint density at radius 3 is 1.22 bits per heavy atom. The predicted octanol–water partition coefficient (Wildman–Crippen LogP) is 5.36. The van der Waals surface area contributed by atoms with Gasteiger partial charge < -0.3 is 19.3 Å². The molecule has 0 radical (unpaired) electrons. The topological polar surface area (TPSA) is 31.4 Å². The van der Waals surface area contributed by atoms with Crippen LogP contribution in [0, 0.1) is 0 Å². The summed E-state index contributed by atoms with van der Waals surface area (Å²) in [5.74, 6) is 0. The van der Waals surface area contributed by atoms with Crippen molar-refractivity contribution in [2.45, 2.75) is 137 Å². The van der Waals surface area contributed by atoms with E-state index in [0.717, 1.165) is 51.0 Å². The predicted molar refractivity (Wildman–Crippen MR) is 159 cm³/mol. The molecule has 2 bridgehead atoms. The summed E-state index contributed by atoms with van der Waals surface area (Å²) >= 11 is 0. The van der Waals surface area contributed by atoms with Crippen molar-refractivity contribution in [3.63, 3.8) is 0 Å². The van der Waals surface area contributed by atoms with E-state index < -0.39 is 0 Å². The lowest BCUT2D eigenvalue weighted by Crippen LogP contribution is -2.41. The van der Waals surface area contributed by atoms with Crippen LogP contribution < -0.4 is 0 Å². The molecule has 6 nitrogen and oxygen atoms in total. The van der Waals surface area contributed by atoms with Gasteiger partial charge in [0.15, 0.2) is 0 Å². The van der Waals surface area contributed by atoms with Gasteiger partial charge in [-0.15, -0.1) is 0 Å². The summed E-state index contributed by atoms with van der Waals surface area (Å²) in [6.45, 7) is 29.6. The molecule has 2 unspecified atom stereocenters. The molecule has 0 saturated carbocycles. The average molecular weight is 525 g/mol. The number of hydrogen-bond acceptors (Lipinski definition) is 6. The summed E-state index contributed by atoms with van der Waals surface area (Å²) in [6, 6.07) is 3.67. The summed E-state index contributed by atoms with van der Waals surface area (Å²) < 4.78 is 10.7. The van der Waals surface area contributed by atoms with E-state index in [9.17, 15) is 0 Å². The molecule has 0 aromatic heterocycles. The van der Waals surface area contributed by atoms with Crippen molar-refractivity contribution in [2.75, 3.05) is 65.6 Å². The highest BCUT2D eigenvalue weighted by Gasteiger charge is 2.39. The Bertz CT molecular complexity index is 501. The molecule has 37 heavy (non-hydrogen) atoms. The van der Waals surface area contributed by atoms with Crippen LogP contribution in [0.15, 0.2) is 0 Å². The smallest absolute Gasteiger partial charge is 0.0718 e. The molecule has 2 atom stereocenters. The number of hydrogen-bond donors (Lipinski definition) is 0. The van der Waals surface area contributed by atoms with Crippen LogP contribution in [0.2, 0.25) is 0 Å². The zero-order valence-electron chi connectivity index (χ0n) is 26.1. The number of nitrogens with zero attached hydrogens (tertiary/aromatic N) is 4. The Hall–Kier alpha value is -0.240. The lowest BCUT2D eigenvalue weighted by molar-refractivity contribution is 0.0179. The molecule has 0 aliphatic carbocycles. The number of fused-ring (bicyclic) bond motifs is 2. The zero-order valence-corrected chi connectivity index (χ0v) is 26.1. The number of morpholine rings is 2. The maximum Gasteiger partial charge on any atom is 0.0718 e. The molecule has 0 amide bonds. The second kappa shape index (κ2) is 18.2. The Kier molecular flexibility index (Phi) is 16.2. The molecule has 5 rings (SSSR count). The van der Waals surface area contributed by atoms with Crippen LogP contribution in [-0.2, 0) is 9.47 Å². The highest BCUT2D eigenvalue weighted by atomic mass is 16.5. The Morgan fingerprint density at radius 1 is 0.541 bits per heavy atom. The first-order chi connectivity index (χ1) is 17.7. The van der Waals surface area contributed by atoms with Gasteiger partial charge in [-0.05, 0) is 114 Å². The quantitative estimate of drug-likeness (QED) is 0.492. The van der Waals surface area contributed by atoms with Crippen molar-refractivity contribution in [2.24, 2.45) is 0 Å². The molecule has 5 fully saturated rings. The summed E-state index contributed by atoms with van der Waals surface area (Å²) in [6.07, 6.45) is 10.4. The molecule has 5 heterocycles. The van der Waals surface area contributed by atoms with Crippen molar-refractivity contribution in [1.29, 1.82) is 0 Å². The van der Waals surface area contributed by atoms with E-state index >= 15 is 0 Å². The van der Waals surface area contributed by atoms with E-state index in [-0.39, 0.29) is 0 Å². The largest absolute Gasteiger partial charge is 0.379 e. The van der Waals surface area contributed by atoms with Gasteiger partial charge >= 0.3 is 0 Å². The summed E-state index contributed by atoms with van der Waals surface area (Å²) in [4.78, 5) is 10.1. The fourth-order valence-electron chi connectivity index (χ4n) is 6.03. The molecule has 0 spiro atoms. The molecule has 0 aromatic rings. The van der Waals surface area contributed by atoms with Crippen molar-refractivity contribution < 1.29 is 9.47 Å². The molecule has 5 aliphatic rings. The number of piperidine rings is 2. The second-order valence-electron chi connectivity index (χ2n) is 12.8. The number of rotatable bonds is 4. The molecule has 6 heteroatoms. The molecule has 0 aromatic carbocycles. The summed E-state index contributed by atoms with van der Waals surface area (Å²) in [5.41, 5.74) is 0. The average Bonchev–Trinajstić information content (AvgIpc) is 3.56. The van der Waals surface area contributed by atoms with Gasteiger partial charge in [-0.25, -0.2) is 0 Å². The van der Waals surface area contributed by atoms with E-state index in [4.69, 9.17) is 9.47 Å². The first-order valence-corrected chi connectivity index (χ1v) is 15.9. The van der Waals surface area contributed by atoms with Gasteiger partial charge in [0, 0.05) is 49.8 Å². The van der Waals surface area contributed by atoms with Crippen LogP contribution in [0.25, 0.3) is 0 Å². The third-order valence-corrected chi connectivity index (χ3v) is 8.62. The highest BCUT2D eigenvalue weighted by Crippen LogP contribution is 2.29. The molecular formula is C31H64N4O2. The third kappa shape index (κ3) is 12.7.